The predicted molar refractivity (Wildman–Crippen MR) is 65.8 cm³/mol. The van der Waals surface area contributed by atoms with Crippen LogP contribution in [0.25, 0.3) is 0 Å². The van der Waals surface area contributed by atoms with E-state index in [4.69, 9.17) is 14.2 Å². The van der Waals surface area contributed by atoms with Crippen molar-refractivity contribution in [3.63, 3.8) is 0 Å². The van der Waals surface area contributed by atoms with Crippen molar-refractivity contribution in [3.8, 4) is 0 Å². The van der Waals surface area contributed by atoms with Crippen LogP contribution in [0.5, 0.6) is 0 Å². The number of pyridine rings is 1. The van der Waals surface area contributed by atoms with Gasteiger partial charge < -0.3 is 19.3 Å². The number of ether oxygens (including phenoxy) is 3. The Morgan fingerprint density at radius 1 is 1.30 bits per heavy atom. The first-order chi connectivity index (χ1) is 9.65. The van der Waals surface area contributed by atoms with Crippen LogP contribution in [0.2, 0.25) is 0 Å². The molecule has 6 nitrogen and oxygen atoms in total. The fourth-order valence-corrected chi connectivity index (χ4v) is 3.43. The largest absolute Gasteiger partial charge is 0.446 e. The summed E-state index contributed by atoms with van der Waals surface area (Å²) in [6.45, 7) is 1.07. The Kier molecular flexibility index (Phi) is 2.45. The molecule has 1 aromatic rings. The molecule has 20 heavy (non-hydrogen) atoms. The Labute approximate surface area is 115 Å². The first-order valence-corrected chi connectivity index (χ1v) is 6.80. The van der Waals surface area contributed by atoms with Gasteiger partial charge in [-0.05, 0) is 12.1 Å². The Morgan fingerprint density at radius 2 is 2.10 bits per heavy atom. The molecule has 3 aliphatic rings. The second-order valence-electron chi connectivity index (χ2n) is 5.51. The Balaban J connectivity index is 1.71. The maximum absolute atomic E-state index is 12.0. The van der Waals surface area contributed by atoms with Crippen molar-refractivity contribution in [2.24, 2.45) is 0 Å². The molecular formula is C14H15NO5. The average molecular weight is 277 g/mol. The van der Waals surface area contributed by atoms with E-state index in [2.05, 4.69) is 4.98 Å². The summed E-state index contributed by atoms with van der Waals surface area (Å²) in [6, 6.07) is 3.37. The van der Waals surface area contributed by atoms with Crippen LogP contribution in [0.4, 0.5) is 0 Å². The summed E-state index contributed by atoms with van der Waals surface area (Å²) in [5.41, 5.74) is -0.0741. The molecule has 2 fully saturated rings. The van der Waals surface area contributed by atoms with Crippen LogP contribution in [0.3, 0.4) is 0 Å². The summed E-state index contributed by atoms with van der Waals surface area (Å²) in [5, 5.41) is 10.6. The molecule has 4 rings (SSSR count). The molecule has 3 heterocycles. The van der Waals surface area contributed by atoms with Crippen LogP contribution >= 0.6 is 0 Å². The van der Waals surface area contributed by atoms with Crippen molar-refractivity contribution >= 4 is 5.97 Å². The predicted octanol–water partition coefficient (Wildman–Crippen LogP) is 0.735. The molecule has 2 atom stereocenters. The molecule has 0 unspecified atom stereocenters. The van der Waals surface area contributed by atoms with E-state index in [9.17, 15) is 9.90 Å². The molecule has 0 bridgehead atoms. The number of nitrogens with zero attached hydrogens (tertiary/aromatic N) is 1. The number of aromatic nitrogens is 1. The molecule has 1 aromatic heterocycles. The number of carbonyl (C=O) groups excluding carboxylic acids is 1. The Morgan fingerprint density at radius 3 is 2.85 bits per heavy atom. The van der Waals surface area contributed by atoms with Crippen LogP contribution in [0, 0.1) is 0 Å². The topological polar surface area (TPSA) is 77.9 Å². The fraction of sp³-hybridized carbons (Fsp3) is 0.571. The van der Waals surface area contributed by atoms with E-state index in [1.54, 1.807) is 18.3 Å². The van der Waals surface area contributed by atoms with Gasteiger partial charge >= 0.3 is 5.97 Å². The van der Waals surface area contributed by atoms with Crippen molar-refractivity contribution < 1.29 is 24.1 Å². The molecule has 2 aliphatic heterocycles. The zero-order valence-corrected chi connectivity index (χ0v) is 10.9. The number of fused-ring (bicyclic) bond motifs is 2. The molecular weight excluding hydrogens is 262 g/mol. The van der Waals surface area contributed by atoms with Gasteiger partial charge in [0.2, 0.25) is 0 Å². The van der Waals surface area contributed by atoms with E-state index in [0.717, 1.165) is 0 Å². The second-order valence-corrected chi connectivity index (χ2v) is 5.51. The number of carbonyl (C=O) groups is 1. The van der Waals surface area contributed by atoms with Gasteiger partial charge in [-0.25, -0.2) is 4.79 Å². The second kappa shape index (κ2) is 4.00. The number of rotatable bonds is 0. The van der Waals surface area contributed by atoms with Crippen molar-refractivity contribution in [3.05, 3.63) is 29.6 Å². The molecule has 2 spiro atoms. The van der Waals surface area contributed by atoms with Gasteiger partial charge in [0.1, 0.15) is 11.8 Å². The summed E-state index contributed by atoms with van der Waals surface area (Å²) in [5.74, 6) is -1.15. The van der Waals surface area contributed by atoms with Crippen molar-refractivity contribution in [1.82, 2.24) is 4.98 Å². The number of hydrogen-bond acceptors (Lipinski definition) is 6. The van der Waals surface area contributed by atoms with Gasteiger partial charge in [0.05, 0.1) is 18.8 Å². The van der Waals surface area contributed by atoms with Gasteiger partial charge in [0.15, 0.2) is 11.4 Å². The highest BCUT2D eigenvalue weighted by atomic mass is 16.7. The van der Waals surface area contributed by atoms with Gasteiger partial charge in [0, 0.05) is 25.5 Å². The standard InChI is InChI=1S/C14H15NO5/c16-10-8-13(18-6-7-19-13)3-4-14(10)11-9(12(17)20-14)2-1-5-15-11/h1-2,5,10,16H,3-4,6-8H2/t10-,14+/m1/s1. The highest BCUT2D eigenvalue weighted by Crippen LogP contribution is 2.50. The van der Waals surface area contributed by atoms with E-state index >= 15 is 0 Å². The third kappa shape index (κ3) is 1.49. The molecule has 1 aliphatic carbocycles. The molecule has 1 saturated heterocycles. The smallest absolute Gasteiger partial charge is 0.341 e. The number of hydrogen-bond donors (Lipinski definition) is 1. The quantitative estimate of drug-likeness (QED) is 0.705. The first kappa shape index (κ1) is 12.3. The number of aliphatic hydroxyl groups excluding tert-OH is 1. The van der Waals surface area contributed by atoms with Crippen molar-refractivity contribution in [2.45, 2.75) is 36.8 Å². The Bertz CT molecular complexity index is 568. The van der Waals surface area contributed by atoms with Gasteiger partial charge in [-0.3, -0.25) is 4.98 Å². The third-order valence-corrected chi connectivity index (χ3v) is 4.44. The lowest BCUT2D eigenvalue weighted by Gasteiger charge is -2.43. The maximum Gasteiger partial charge on any atom is 0.341 e. The molecule has 0 aromatic carbocycles. The zero-order chi connectivity index (χ0) is 13.8. The van der Waals surface area contributed by atoms with Gasteiger partial charge in [-0.1, -0.05) is 0 Å². The minimum Gasteiger partial charge on any atom is -0.446 e. The summed E-state index contributed by atoms with van der Waals surface area (Å²) in [6.07, 6.45) is 2.05. The maximum atomic E-state index is 12.0. The number of aliphatic hydroxyl groups is 1. The van der Waals surface area contributed by atoms with Crippen LogP contribution in [-0.4, -0.2) is 41.2 Å². The lowest BCUT2D eigenvalue weighted by atomic mass is 9.76. The summed E-state index contributed by atoms with van der Waals surface area (Å²) in [7, 11) is 0. The van der Waals surface area contributed by atoms with E-state index in [-0.39, 0.29) is 6.42 Å². The van der Waals surface area contributed by atoms with Gasteiger partial charge in [-0.2, -0.15) is 0 Å². The normalized spacial score (nSPS) is 34.5. The van der Waals surface area contributed by atoms with Crippen molar-refractivity contribution in [1.29, 1.82) is 0 Å². The molecule has 106 valence electrons. The van der Waals surface area contributed by atoms with Crippen LogP contribution in [-0.2, 0) is 19.8 Å². The van der Waals surface area contributed by atoms with Gasteiger partial charge in [-0.15, -0.1) is 0 Å². The van der Waals surface area contributed by atoms with Crippen molar-refractivity contribution in [2.75, 3.05) is 13.2 Å². The van der Waals surface area contributed by atoms with E-state index in [1.165, 1.54) is 0 Å². The average Bonchev–Trinajstić information content (AvgIpc) is 3.01. The van der Waals surface area contributed by atoms with E-state index < -0.39 is 23.5 Å². The summed E-state index contributed by atoms with van der Waals surface area (Å²) >= 11 is 0. The lowest BCUT2D eigenvalue weighted by Crippen LogP contribution is -2.52. The first-order valence-electron chi connectivity index (χ1n) is 6.80. The Hall–Kier alpha value is -1.50. The minimum atomic E-state index is -1.05. The molecule has 0 radical (unpaired) electrons. The summed E-state index contributed by atoms with van der Waals surface area (Å²) in [4.78, 5) is 16.2. The van der Waals surface area contributed by atoms with Crippen LogP contribution < -0.4 is 0 Å². The van der Waals surface area contributed by atoms with Crippen LogP contribution in [0.1, 0.15) is 35.3 Å². The zero-order valence-electron chi connectivity index (χ0n) is 10.9. The highest BCUT2D eigenvalue weighted by molar-refractivity contribution is 5.94. The van der Waals surface area contributed by atoms with E-state index in [1.807, 2.05) is 0 Å². The molecule has 1 saturated carbocycles. The van der Waals surface area contributed by atoms with Crippen LogP contribution in [0.15, 0.2) is 18.3 Å². The molecule has 6 heteroatoms. The lowest BCUT2D eigenvalue weighted by molar-refractivity contribution is -0.237. The SMILES string of the molecule is O=C1O[C@]2(CCC3(C[C@H]2O)OCCO3)c2ncccc21. The highest BCUT2D eigenvalue weighted by Gasteiger charge is 2.59. The number of esters is 1. The van der Waals surface area contributed by atoms with E-state index in [0.29, 0.717) is 37.3 Å². The molecule has 1 N–H and O–H groups in total. The third-order valence-electron chi connectivity index (χ3n) is 4.44. The van der Waals surface area contributed by atoms with Gasteiger partial charge in [0.25, 0.3) is 0 Å². The summed E-state index contributed by atoms with van der Waals surface area (Å²) < 4.78 is 16.8. The molecule has 0 amide bonds. The minimum absolute atomic E-state index is 0.288. The monoisotopic (exact) mass is 277 g/mol. The fourth-order valence-electron chi connectivity index (χ4n) is 3.43.